The Morgan fingerprint density at radius 3 is 2.46 bits per heavy atom. The van der Waals surface area contributed by atoms with Crippen molar-refractivity contribution in [1.29, 1.82) is 0 Å². The lowest BCUT2D eigenvalue weighted by atomic mass is 9.83. The zero-order valence-electron chi connectivity index (χ0n) is 14.1. The molecule has 2 saturated carbocycles. The van der Waals surface area contributed by atoms with Crippen LogP contribution in [0.15, 0.2) is 24.3 Å². The van der Waals surface area contributed by atoms with Gasteiger partial charge in [0.25, 0.3) is 0 Å². The van der Waals surface area contributed by atoms with Crippen LogP contribution >= 0.6 is 11.6 Å². The molecule has 3 nitrogen and oxygen atoms in total. The number of allylic oxidation sites excluding steroid dienone is 1. The SMILES string of the molecule is O=C1Nc2cc(C3CCCC3)c(Cl)cc2[C@@](/C=C/C2CC2)(C(F)(F)F)N1. The lowest BCUT2D eigenvalue weighted by molar-refractivity contribution is -0.181. The molecule has 0 aromatic heterocycles. The molecular formula is C19H20ClF3N2O. The summed E-state index contributed by atoms with van der Waals surface area (Å²) in [6.07, 6.45) is 3.84. The van der Waals surface area contributed by atoms with E-state index in [0.717, 1.165) is 50.2 Å². The molecule has 2 N–H and O–H groups in total. The topological polar surface area (TPSA) is 41.1 Å². The van der Waals surface area contributed by atoms with E-state index in [4.69, 9.17) is 11.6 Å². The molecule has 0 radical (unpaired) electrons. The van der Waals surface area contributed by atoms with E-state index in [2.05, 4.69) is 10.6 Å². The van der Waals surface area contributed by atoms with Crippen LogP contribution in [0.25, 0.3) is 0 Å². The molecule has 2 fully saturated rings. The first kappa shape index (κ1) is 17.7. The number of nitrogens with one attached hydrogen (secondary N) is 2. The highest BCUT2D eigenvalue weighted by Crippen LogP contribution is 2.49. The monoisotopic (exact) mass is 384 g/mol. The first-order chi connectivity index (χ1) is 12.3. The van der Waals surface area contributed by atoms with Gasteiger partial charge in [-0.1, -0.05) is 30.5 Å². The van der Waals surface area contributed by atoms with E-state index in [1.807, 2.05) is 0 Å². The number of amides is 2. The van der Waals surface area contributed by atoms with Gasteiger partial charge in [0.15, 0.2) is 5.54 Å². The van der Waals surface area contributed by atoms with E-state index in [-0.39, 0.29) is 23.1 Å². The van der Waals surface area contributed by atoms with Gasteiger partial charge in [-0.3, -0.25) is 0 Å². The Kier molecular flexibility index (Phi) is 4.21. The third-order valence-corrected chi connectivity index (χ3v) is 5.93. The minimum atomic E-state index is -4.68. The fraction of sp³-hybridized carbons (Fsp3) is 0.526. The standard InChI is InChI=1S/C19H20ClF3N2O/c20-15-10-14-16(9-13(15)12-3-1-2-4-12)24-17(26)25-18(14,19(21,22)23)8-7-11-5-6-11/h7-12H,1-6H2,(H2,24,25,26)/b8-7+/t18-/m0/s1. The number of urea groups is 1. The van der Waals surface area contributed by atoms with Crippen molar-refractivity contribution in [2.24, 2.45) is 5.92 Å². The molecule has 1 heterocycles. The van der Waals surface area contributed by atoms with Crippen LogP contribution in [0.4, 0.5) is 23.7 Å². The summed E-state index contributed by atoms with van der Waals surface area (Å²) in [7, 11) is 0. The van der Waals surface area contributed by atoms with Crippen molar-refractivity contribution >= 4 is 23.3 Å². The van der Waals surface area contributed by atoms with Crippen molar-refractivity contribution in [2.75, 3.05) is 5.32 Å². The van der Waals surface area contributed by atoms with Crippen molar-refractivity contribution in [1.82, 2.24) is 5.32 Å². The molecule has 1 aromatic rings. The second-order valence-electron chi connectivity index (χ2n) is 7.48. The summed E-state index contributed by atoms with van der Waals surface area (Å²) < 4.78 is 42.3. The van der Waals surface area contributed by atoms with Gasteiger partial charge in [-0.25, -0.2) is 4.79 Å². The fourth-order valence-corrected chi connectivity index (χ4v) is 4.31. The Morgan fingerprint density at radius 1 is 1.15 bits per heavy atom. The quantitative estimate of drug-likeness (QED) is 0.630. The maximum atomic E-state index is 14.1. The molecule has 7 heteroatoms. The van der Waals surface area contributed by atoms with Crippen LogP contribution in [0.2, 0.25) is 5.02 Å². The maximum Gasteiger partial charge on any atom is 0.419 e. The van der Waals surface area contributed by atoms with Gasteiger partial charge in [-0.05, 0) is 61.3 Å². The molecule has 0 spiro atoms. The van der Waals surface area contributed by atoms with Gasteiger partial charge in [0.1, 0.15) is 0 Å². The van der Waals surface area contributed by atoms with Crippen LogP contribution in [0.3, 0.4) is 0 Å². The number of carbonyl (C=O) groups is 1. The molecular weight excluding hydrogens is 365 g/mol. The summed E-state index contributed by atoms with van der Waals surface area (Å²) in [5, 5.41) is 4.98. The van der Waals surface area contributed by atoms with Crippen molar-refractivity contribution in [3.63, 3.8) is 0 Å². The number of hydrogen-bond acceptors (Lipinski definition) is 1. The predicted molar refractivity (Wildman–Crippen MR) is 94.4 cm³/mol. The Labute approximate surface area is 155 Å². The summed E-state index contributed by atoms with van der Waals surface area (Å²) >= 11 is 6.40. The van der Waals surface area contributed by atoms with Crippen LogP contribution in [-0.2, 0) is 5.54 Å². The van der Waals surface area contributed by atoms with Crippen molar-refractivity contribution < 1.29 is 18.0 Å². The Bertz CT molecular complexity index is 767. The Morgan fingerprint density at radius 2 is 1.85 bits per heavy atom. The van der Waals surface area contributed by atoms with E-state index >= 15 is 0 Å². The summed E-state index contributed by atoms with van der Waals surface area (Å²) in [6.45, 7) is 0. The summed E-state index contributed by atoms with van der Waals surface area (Å²) in [4.78, 5) is 12.1. The highest BCUT2D eigenvalue weighted by atomic mass is 35.5. The van der Waals surface area contributed by atoms with Crippen molar-refractivity contribution in [3.05, 3.63) is 40.4 Å². The van der Waals surface area contributed by atoms with Crippen LogP contribution < -0.4 is 10.6 Å². The number of fused-ring (bicyclic) bond motifs is 1. The van der Waals surface area contributed by atoms with E-state index in [1.54, 1.807) is 12.1 Å². The molecule has 0 bridgehead atoms. The minimum absolute atomic E-state index is 0.0479. The predicted octanol–water partition coefficient (Wildman–Crippen LogP) is 5.86. The highest BCUT2D eigenvalue weighted by Gasteiger charge is 2.58. The number of benzene rings is 1. The molecule has 1 aliphatic heterocycles. The van der Waals surface area contributed by atoms with Gasteiger partial charge in [-0.15, -0.1) is 0 Å². The summed E-state index contributed by atoms with van der Waals surface area (Å²) in [5.41, 5.74) is -1.58. The Hall–Kier alpha value is -1.69. The third kappa shape index (κ3) is 2.98. The number of anilines is 1. The number of hydrogen-bond donors (Lipinski definition) is 2. The van der Waals surface area contributed by atoms with Gasteiger partial charge in [0, 0.05) is 16.3 Å². The maximum absolute atomic E-state index is 14.1. The summed E-state index contributed by atoms with van der Waals surface area (Å²) in [6, 6.07) is 2.16. The second-order valence-corrected chi connectivity index (χ2v) is 7.89. The summed E-state index contributed by atoms with van der Waals surface area (Å²) in [5.74, 6) is 0.388. The first-order valence-electron chi connectivity index (χ1n) is 8.99. The van der Waals surface area contributed by atoms with E-state index in [1.165, 1.54) is 6.07 Å². The van der Waals surface area contributed by atoms with Gasteiger partial charge in [0.05, 0.1) is 0 Å². The molecule has 2 aliphatic carbocycles. The van der Waals surface area contributed by atoms with Crippen molar-refractivity contribution in [2.45, 2.75) is 56.2 Å². The zero-order chi connectivity index (χ0) is 18.5. The second kappa shape index (κ2) is 6.19. The molecule has 0 saturated heterocycles. The average molecular weight is 385 g/mol. The molecule has 3 aliphatic rings. The van der Waals surface area contributed by atoms with Crippen LogP contribution in [0, 0.1) is 5.92 Å². The van der Waals surface area contributed by atoms with Crippen molar-refractivity contribution in [3.8, 4) is 0 Å². The molecule has 1 atom stereocenters. The van der Waals surface area contributed by atoms with Gasteiger partial charge in [-0.2, -0.15) is 13.2 Å². The minimum Gasteiger partial charge on any atom is -0.316 e. The van der Waals surface area contributed by atoms with Gasteiger partial charge < -0.3 is 10.6 Å². The third-order valence-electron chi connectivity index (χ3n) is 5.60. The largest absolute Gasteiger partial charge is 0.419 e. The molecule has 0 unspecified atom stereocenters. The number of rotatable bonds is 3. The van der Waals surface area contributed by atoms with E-state index < -0.39 is 17.7 Å². The fourth-order valence-electron chi connectivity index (χ4n) is 3.99. The molecule has 140 valence electrons. The Balaban J connectivity index is 1.85. The smallest absolute Gasteiger partial charge is 0.316 e. The normalized spacial score (nSPS) is 26.7. The highest BCUT2D eigenvalue weighted by molar-refractivity contribution is 6.31. The lowest BCUT2D eigenvalue weighted by Gasteiger charge is -2.39. The van der Waals surface area contributed by atoms with Gasteiger partial charge >= 0.3 is 12.2 Å². The lowest BCUT2D eigenvalue weighted by Crippen LogP contribution is -2.59. The number of halogens is 4. The molecule has 26 heavy (non-hydrogen) atoms. The van der Waals surface area contributed by atoms with Crippen LogP contribution in [0.5, 0.6) is 0 Å². The molecule has 1 aromatic carbocycles. The van der Waals surface area contributed by atoms with Gasteiger partial charge in [0.2, 0.25) is 0 Å². The van der Waals surface area contributed by atoms with Crippen LogP contribution in [0.1, 0.15) is 55.6 Å². The molecule has 2 amide bonds. The van der Waals surface area contributed by atoms with E-state index in [0.29, 0.717) is 5.02 Å². The van der Waals surface area contributed by atoms with Crippen LogP contribution in [-0.4, -0.2) is 12.2 Å². The zero-order valence-corrected chi connectivity index (χ0v) is 14.9. The number of alkyl halides is 3. The molecule has 4 rings (SSSR count). The van der Waals surface area contributed by atoms with E-state index in [9.17, 15) is 18.0 Å². The average Bonchev–Trinajstić information content (AvgIpc) is 3.23. The number of carbonyl (C=O) groups excluding carboxylic acids is 1. The first-order valence-corrected chi connectivity index (χ1v) is 9.37.